The Kier molecular flexibility index (Phi) is 3.94. The predicted molar refractivity (Wildman–Crippen MR) is 70.6 cm³/mol. The number of rotatable bonds is 2. The Morgan fingerprint density at radius 3 is 2.25 bits per heavy atom. The molecule has 0 spiro atoms. The van der Waals surface area contributed by atoms with Crippen LogP contribution >= 0.6 is 0 Å². The van der Waals surface area contributed by atoms with Gasteiger partial charge in [-0.15, -0.1) is 0 Å². The summed E-state index contributed by atoms with van der Waals surface area (Å²) in [4.78, 5) is 0. The van der Waals surface area contributed by atoms with E-state index >= 15 is 0 Å². The molecule has 0 radical (unpaired) electrons. The smallest absolute Gasteiger partial charge is 0.00747 e. The summed E-state index contributed by atoms with van der Waals surface area (Å²) in [6.45, 7) is 7.27. The molecule has 0 aromatic rings. The SMILES string of the molecule is CC1CCC(NC2CCCC(C)(C)C2)CC1. The van der Waals surface area contributed by atoms with E-state index in [1.54, 1.807) is 0 Å². The molecular weight excluding hydrogens is 194 g/mol. The van der Waals surface area contributed by atoms with Crippen LogP contribution in [0.1, 0.15) is 72.1 Å². The average Bonchev–Trinajstić information content (AvgIpc) is 2.20. The zero-order valence-electron chi connectivity index (χ0n) is 11.4. The summed E-state index contributed by atoms with van der Waals surface area (Å²) in [5.41, 5.74) is 0.581. The first-order valence-corrected chi connectivity index (χ1v) is 7.31. The Balaban J connectivity index is 1.76. The molecule has 0 bridgehead atoms. The molecule has 2 saturated carbocycles. The fourth-order valence-corrected chi connectivity index (χ4v) is 3.60. The standard InChI is InChI=1S/C15H29N/c1-12-6-8-13(9-7-12)16-14-5-4-10-15(2,3)11-14/h12-14,16H,4-11H2,1-3H3. The van der Waals surface area contributed by atoms with E-state index in [1.807, 2.05) is 0 Å². The van der Waals surface area contributed by atoms with E-state index in [4.69, 9.17) is 0 Å². The van der Waals surface area contributed by atoms with Gasteiger partial charge in [0.25, 0.3) is 0 Å². The Morgan fingerprint density at radius 2 is 1.62 bits per heavy atom. The normalized spacial score (nSPS) is 39.6. The van der Waals surface area contributed by atoms with Crippen LogP contribution in [-0.2, 0) is 0 Å². The highest BCUT2D eigenvalue weighted by molar-refractivity contribution is 4.86. The molecule has 0 amide bonds. The van der Waals surface area contributed by atoms with E-state index in [9.17, 15) is 0 Å². The van der Waals surface area contributed by atoms with E-state index in [0.29, 0.717) is 5.41 Å². The van der Waals surface area contributed by atoms with Gasteiger partial charge in [-0.25, -0.2) is 0 Å². The van der Waals surface area contributed by atoms with Gasteiger partial charge in [0.2, 0.25) is 0 Å². The van der Waals surface area contributed by atoms with Crippen molar-refractivity contribution in [2.24, 2.45) is 11.3 Å². The lowest BCUT2D eigenvalue weighted by molar-refractivity contribution is 0.175. The maximum atomic E-state index is 3.93. The summed E-state index contributed by atoms with van der Waals surface area (Å²) >= 11 is 0. The third-order valence-electron chi connectivity index (χ3n) is 4.69. The molecule has 0 heterocycles. The number of nitrogens with one attached hydrogen (secondary N) is 1. The van der Waals surface area contributed by atoms with Crippen LogP contribution in [0.15, 0.2) is 0 Å². The van der Waals surface area contributed by atoms with Gasteiger partial charge < -0.3 is 5.32 Å². The molecule has 2 aliphatic carbocycles. The predicted octanol–water partition coefficient (Wildman–Crippen LogP) is 4.12. The third-order valence-corrected chi connectivity index (χ3v) is 4.69. The molecule has 0 aromatic heterocycles. The van der Waals surface area contributed by atoms with E-state index in [1.165, 1.54) is 51.4 Å². The Morgan fingerprint density at radius 1 is 0.938 bits per heavy atom. The Labute approximate surface area is 101 Å². The second-order valence-corrected chi connectivity index (χ2v) is 7.08. The molecule has 1 atom stereocenters. The Bertz CT molecular complexity index is 213. The van der Waals surface area contributed by atoms with Crippen molar-refractivity contribution in [3.05, 3.63) is 0 Å². The summed E-state index contributed by atoms with van der Waals surface area (Å²) in [5.74, 6) is 0.973. The monoisotopic (exact) mass is 223 g/mol. The van der Waals surface area contributed by atoms with E-state index in [0.717, 1.165) is 18.0 Å². The lowest BCUT2D eigenvalue weighted by Crippen LogP contribution is -2.44. The highest BCUT2D eigenvalue weighted by Gasteiger charge is 2.29. The van der Waals surface area contributed by atoms with Crippen LogP contribution in [0, 0.1) is 11.3 Å². The molecule has 0 aromatic carbocycles. The molecule has 0 aliphatic heterocycles. The summed E-state index contributed by atoms with van der Waals surface area (Å²) in [6, 6.07) is 1.64. The third kappa shape index (κ3) is 3.48. The van der Waals surface area contributed by atoms with Gasteiger partial charge in [0, 0.05) is 12.1 Å². The fraction of sp³-hybridized carbons (Fsp3) is 1.00. The van der Waals surface area contributed by atoms with Gasteiger partial charge >= 0.3 is 0 Å². The largest absolute Gasteiger partial charge is 0.311 e. The molecule has 16 heavy (non-hydrogen) atoms. The van der Waals surface area contributed by atoms with Gasteiger partial charge in [-0.3, -0.25) is 0 Å². The first-order chi connectivity index (χ1) is 7.55. The molecular formula is C15H29N. The first-order valence-electron chi connectivity index (χ1n) is 7.31. The van der Waals surface area contributed by atoms with Gasteiger partial charge in [-0.05, 0) is 56.3 Å². The minimum Gasteiger partial charge on any atom is -0.311 e. The van der Waals surface area contributed by atoms with Crippen LogP contribution in [-0.4, -0.2) is 12.1 Å². The van der Waals surface area contributed by atoms with Crippen molar-refractivity contribution in [2.75, 3.05) is 0 Å². The summed E-state index contributed by atoms with van der Waals surface area (Å²) < 4.78 is 0. The summed E-state index contributed by atoms with van der Waals surface area (Å²) in [7, 11) is 0. The zero-order valence-corrected chi connectivity index (χ0v) is 11.4. The van der Waals surface area contributed by atoms with Crippen LogP contribution in [0.2, 0.25) is 0 Å². The van der Waals surface area contributed by atoms with Crippen LogP contribution in [0.25, 0.3) is 0 Å². The van der Waals surface area contributed by atoms with Crippen molar-refractivity contribution in [1.82, 2.24) is 5.32 Å². The van der Waals surface area contributed by atoms with Crippen LogP contribution in [0.5, 0.6) is 0 Å². The molecule has 94 valence electrons. The first kappa shape index (κ1) is 12.4. The molecule has 1 N–H and O–H groups in total. The van der Waals surface area contributed by atoms with Gasteiger partial charge in [0.1, 0.15) is 0 Å². The van der Waals surface area contributed by atoms with E-state index in [-0.39, 0.29) is 0 Å². The fourth-order valence-electron chi connectivity index (χ4n) is 3.60. The van der Waals surface area contributed by atoms with Gasteiger partial charge in [0.05, 0.1) is 0 Å². The van der Waals surface area contributed by atoms with Crippen LogP contribution < -0.4 is 5.32 Å². The van der Waals surface area contributed by atoms with Crippen LogP contribution in [0.3, 0.4) is 0 Å². The van der Waals surface area contributed by atoms with Crippen molar-refractivity contribution in [1.29, 1.82) is 0 Å². The van der Waals surface area contributed by atoms with Crippen molar-refractivity contribution in [3.63, 3.8) is 0 Å². The average molecular weight is 223 g/mol. The van der Waals surface area contributed by atoms with Gasteiger partial charge in [-0.1, -0.05) is 27.2 Å². The summed E-state index contributed by atoms with van der Waals surface area (Å²) in [5, 5.41) is 3.93. The maximum absolute atomic E-state index is 3.93. The summed E-state index contributed by atoms with van der Waals surface area (Å²) in [6.07, 6.45) is 11.4. The van der Waals surface area contributed by atoms with Crippen molar-refractivity contribution < 1.29 is 0 Å². The lowest BCUT2D eigenvalue weighted by atomic mass is 9.74. The lowest BCUT2D eigenvalue weighted by Gasteiger charge is -2.39. The minimum atomic E-state index is 0.581. The van der Waals surface area contributed by atoms with Crippen molar-refractivity contribution >= 4 is 0 Å². The Hall–Kier alpha value is -0.0400. The zero-order chi connectivity index (χ0) is 11.6. The second-order valence-electron chi connectivity index (χ2n) is 7.08. The van der Waals surface area contributed by atoms with Crippen molar-refractivity contribution in [2.45, 2.75) is 84.2 Å². The minimum absolute atomic E-state index is 0.581. The number of hydrogen-bond donors (Lipinski definition) is 1. The number of hydrogen-bond acceptors (Lipinski definition) is 1. The maximum Gasteiger partial charge on any atom is 0.00747 e. The van der Waals surface area contributed by atoms with Crippen molar-refractivity contribution in [3.8, 4) is 0 Å². The van der Waals surface area contributed by atoms with Gasteiger partial charge in [-0.2, -0.15) is 0 Å². The molecule has 0 saturated heterocycles. The quantitative estimate of drug-likeness (QED) is 0.742. The highest BCUT2D eigenvalue weighted by Crippen LogP contribution is 2.36. The molecule has 2 rings (SSSR count). The molecule has 1 heteroatoms. The molecule has 1 nitrogen and oxygen atoms in total. The topological polar surface area (TPSA) is 12.0 Å². The van der Waals surface area contributed by atoms with E-state index < -0.39 is 0 Å². The molecule has 2 aliphatic rings. The van der Waals surface area contributed by atoms with Crippen LogP contribution in [0.4, 0.5) is 0 Å². The van der Waals surface area contributed by atoms with Gasteiger partial charge in [0.15, 0.2) is 0 Å². The molecule has 2 fully saturated rings. The highest BCUT2D eigenvalue weighted by atomic mass is 15.0. The van der Waals surface area contributed by atoms with E-state index in [2.05, 4.69) is 26.1 Å². The molecule has 1 unspecified atom stereocenters. The second kappa shape index (κ2) is 5.08.